The van der Waals surface area contributed by atoms with Crippen molar-refractivity contribution in [3.05, 3.63) is 0 Å². The summed E-state index contributed by atoms with van der Waals surface area (Å²) in [5, 5.41) is 0. The predicted octanol–water partition coefficient (Wildman–Crippen LogP) is -1.31. The SMILES string of the molecule is [InH3].[O]=[Zn].[Sm]. The Morgan fingerprint density at radius 1 is 1.25 bits per heavy atom. The summed E-state index contributed by atoms with van der Waals surface area (Å²) in [4.78, 5) is 0. The molecule has 0 saturated carbocycles. The van der Waals surface area contributed by atoms with Crippen LogP contribution in [0.3, 0.4) is 0 Å². The number of hydrogen-bond acceptors (Lipinski definition) is 1. The molecule has 0 heterocycles. The Balaban J connectivity index is -0.00000000500. The minimum Gasteiger partial charge on any atom is 0 e. The third kappa shape index (κ3) is 8.82. The van der Waals surface area contributed by atoms with Gasteiger partial charge in [0.1, 0.15) is 0 Å². The molecule has 20 valence electrons. The van der Waals surface area contributed by atoms with Gasteiger partial charge in [-0.3, -0.25) is 0 Å². The summed E-state index contributed by atoms with van der Waals surface area (Å²) in [5.74, 6) is 0. The second kappa shape index (κ2) is 17.4. The summed E-state index contributed by atoms with van der Waals surface area (Å²) in [6.07, 6.45) is 0. The zero-order valence-electron chi connectivity index (χ0n) is 1.52. The quantitative estimate of drug-likeness (QED) is 0.497. The minimum absolute atomic E-state index is 0. The smallest absolute Gasteiger partial charge is 0 e. The molecule has 0 rings (SSSR count). The fourth-order valence-corrected chi connectivity index (χ4v) is 0. The normalized spacial score (nSPS) is 1.50. The predicted molar refractivity (Wildman–Crippen MR) is 10.6 cm³/mol. The molecule has 0 saturated heterocycles. The maximum Gasteiger partial charge on any atom is 0 e. The van der Waals surface area contributed by atoms with Crippen LogP contribution in [0, 0.1) is 40.4 Å². The van der Waals surface area contributed by atoms with Gasteiger partial charge in [-0.15, -0.1) is 0 Å². The molecule has 0 aliphatic carbocycles. The summed E-state index contributed by atoms with van der Waals surface area (Å²) in [7, 11) is 0. The molecule has 0 amide bonds. The average molecular weight is 350 g/mol. The standard InChI is InChI=1S/In.O.Sm.Zn.3H. The van der Waals surface area contributed by atoms with Gasteiger partial charge in [0, 0.05) is 40.4 Å². The van der Waals surface area contributed by atoms with Crippen LogP contribution in [0.4, 0.5) is 0 Å². The van der Waals surface area contributed by atoms with E-state index < -0.39 is 0 Å². The average Bonchev–Trinajstić information content (AvgIpc) is 1.00. The van der Waals surface area contributed by atoms with Crippen LogP contribution in [-0.4, -0.2) is 25.8 Å². The van der Waals surface area contributed by atoms with Gasteiger partial charge < -0.3 is 0 Å². The third-order valence-corrected chi connectivity index (χ3v) is 0. The Bertz CT molecular complexity index is 8.00. The molecule has 0 radical (unpaired) electrons. The molecule has 0 bridgehead atoms. The molecule has 0 atom stereocenters. The van der Waals surface area contributed by atoms with E-state index in [0.717, 1.165) is 0 Å². The van der Waals surface area contributed by atoms with Gasteiger partial charge in [0.05, 0.1) is 0 Å². The topological polar surface area (TPSA) is 17.1 Å². The monoisotopic (exact) mass is 350 g/mol. The van der Waals surface area contributed by atoms with Gasteiger partial charge >= 0.3 is 47.7 Å². The van der Waals surface area contributed by atoms with Crippen LogP contribution in [0.1, 0.15) is 0 Å². The summed E-state index contributed by atoms with van der Waals surface area (Å²) in [5.41, 5.74) is 0. The first-order valence-corrected chi connectivity index (χ1v) is 1.50. The van der Waals surface area contributed by atoms with Crippen LogP contribution in [0.2, 0.25) is 0 Å². The second-order valence-electron chi connectivity index (χ2n) is 0. The van der Waals surface area contributed by atoms with E-state index in [4.69, 9.17) is 3.57 Å². The van der Waals surface area contributed by atoms with E-state index in [-0.39, 0.29) is 84.5 Å². The molecular formula is H3InOSmZn. The Kier molecular flexibility index (Phi) is 69.6. The second-order valence-corrected chi connectivity index (χ2v) is 0. The van der Waals surface area contributed by atoms with E-state index >= 15 is 0 Å². The molecule has 1 nitrogen and oxygen atoms in total. The first-order chi connectivity index (χ1) is 1.00. The molecule has 0 fully saturated rings. The van der Waals surface area contributed by atoms with Crippen molar-refractivity contribution in [1.29, 1.82) is 0 Å². The molecule has 0 aromatic heterocycles. The maximum atomic E-state index is 8.38. The maximum absolute atomic E-state index is 8.38. The molecular weight excluding hydrogens is 347 g/mol. The third-order valence-electron chi connectivity index (χ3n) is 0. The van der Waals surface area contributed by atoms with Gasteiger partial charge in [-0.2, -0.15) is 0 Å². The molecule has 0 aromatic carbocycles. The fraction of sp³-hybridized carbons (Fsp3) is 0. The molecule has 0 unspecified atom stereocenters. The van der Waals surface area contributed by atoms with Crippen molar-refractivity contribution in [2.24, 2.45) is 0 Å². The van der Waals surface area contributed by atoms with Crippen molar-refractivity contribution in [3.8, 4) is 0 Å². The van der Waals surface area contributed by atoms with E-state index in [2.05, 4.69) is 0 Å². The summed E-state index contributed by atoms with van der Waals surface area (Å²) >= 11 is 0.125. The van der Waals surface area contributed by atoms with Gasteiger partial charge in [0.15, 0.2) is 0 Å². The van der Waals surface area contributed by atoms with Crippen molar-refractivity contribution < 1.29 is 62.2 Å². The van der Waals surface area contributed by atoms with E-state index in [0.29, 0.717) is 0 Å². The van der Waals surface area contributed by atoms with Crippen LogP contribution in [0.15, 0.2) is 0 Å². The van der Waals surface area contributed by atoms with Gasteiger partial charge in [0.2, 0.25) is 0 Å². The Morgan fingerprint density at radius 2 is 1.25 bits per heavy atom. The van der Waals surface area contributed by atoms with Crippen LogP contribution in [0.25, 0.3) is 0 Å². The zero-order chi connectivity index (χ0) is 2.00. The van der Waals surface area contributed by atoms with E-state index in [1.165, 1.54) is 0 Å². The van der Waals surface area contributed by atoms with Crippen LogP contribution in [-0.2, 0) is 21.8 Å². The molecule has 0 aliphatic rings. The Hall–Kier alpha value is 2.63. The molecule has 4 heavy (non-hydrogen) atoms. The molecule has 0 N–H and O–H groups in total. The van der Waals surface area contributed by atoms with Crippen molar-refractivity contribution >= 4 is 25.8 Å². The number of hydrogen-bond donors (Lipinski definition) is 0. The van der Waals surface area contributed by atoms with Crippen molar-refractivity contribution in [2.75, 3.05) is 0 Å². The van der Waals surface area contributed by atoms with Crippen molar-refractivity contribution in [1.82, 2.24) is 0 Å². The fourth-order valence-electron chi connectivity index (χ4n) is 0. The Labute approximate surface area is 86.1 Å². The first-order valence-electron chi connectivity index (χ1n) is 0.289. The van der Waals surface area contributed by atoms with E-state index in [1.54, 1.807) is 0 Å². The van der Waals surface area contributed by atoms with E-state index in [1.807, 2.05) is 0 Å². The number of rotatable bonds is 0. The summed E-state index contributed by atoms with van der Waals surface area (Å²) in [6, 6.07) is 0. The first kappa shape index (κ1) is 15.9. The van der Waals surface area contributed by atoms with Crippen LogP contribution < -0.4 is 0 Å². The van der Waals surface area contributed by atoms with Crippen molar-refractivity contribution in [3.63, 3.8) is 0 Å². The largest absolute Gasteiger partial charge is 0 e. The summed E-state index contributed by atoms with van der Waals surface area (Å²) in [6.45, 7) is 0. The zero-order valence-corrected chi connectivity index (χ0v) is 7.11. The van der Waals surface area contributed by atoms with Gasteiger partial charge in [-0.25, -0.2) is 0 Å². The molecule has 0 spiro atoms. The van der Waals surface area contributed by atoms with Gasteiger partial charge in [-0.05, 0) is 0 Å². The van der Waals surface area contributed by atoms with Crippen LogP contribution in [0.5, 0.6) is 0 Å². The molecule has 0 aromatic rings. The molecule has 0 aliphatic heterocycles. The van der Waals surface area contributed by atoms with Gasteiger partial charge in [-0.1, -0.05) is 0 Å². The van der Waals surface area contributed by atoms with Crippen molar-refractivity contribution in [2.45, 2.75) is 0 Å². The minimum atomic E-state index is 0. The van der Waals surface area contributed by atoms with Gasteiger partial charge in [0.25, 0.3) is 0 Å². The summed E-state index contributed by atoms with van der Waals surface area (Å²) < 4.78 is 8.38. The van der Waals surface area contributed by atoms with Crippen LogP contribution >= 0.6 is 0 Å². The Morgan fingerprint density at radius 3 is 1.25 bits per heavy atom. The molecule has 4 heteroatoms. The van der Waals surface area contributed by atoms with E-state index in [9.17, 15) is 0 Å².